The van der Waals surface area contributed by atoms with Crippen molar-refractivity contribution in [3.63, 3.8) is 0 Å². The topological polar surface area (TPSA) is 30.2 Å². The highest BCUT2D eigenvalue weighted by atomic mass is 15.2. The molecule has 0 spiro atoms. The van der Waals surface area contributed by atoms with Gasteiger partial charge in [-0.3, -0.25) is 9.88 Å². The fourth-order valence-corrected chi connectivity index (χ4v) is 3.45. The lowest BCUT2D eigenvalue weighted by Crippen LogP contribution is -2.23. The average molecular weight is 252 g/mol. The lowest BCUT2D eigenvalue weighted by Gasteiger charge is -2.16. The second-order valence-corrected chi connectivity index (χ2v) is 5.84. The summed E-state index contributed by atoms with van der Waals surface area (Å²) in [7, 11) is 0. The van der Waals surface area contributed by atoms with Crippen molar-refractivity contribution in [2.45, 2.75) is 6.54 Å². The Morgan fingerprint density at radius 2 is 1.89 bits per heavy atom. The standard InChI is InChI=1S/C16H18N3/c1-2-4-16-13(3-1)5-12(6-18-16)9-19-10-14-7-17-8-15(14)11-19/h1-6,14-15H,7-11H2. The predicted octanol–water partition coefficient (Wildman–Crippen LogP) is 1.90. The van der Waals surface area contributed by atoms with Crippen LogP contribution >= 0.6 is 0 Å². The van der Waals surface area contributed by atoms with E-state index in [0.717, 1.165) is 37.0 Å². The number of hydrogen-bond donors (Lipinski definition) is 0. The molecular weight excluding hydrogens is 234 g/mol. The Hall–Kier alpha value is -1.45. The number of rotatable bonds is 2. The van der Waals surface area contributed by atoms with Crippen LogP contribution in [0.4, 0.5) is 0 Å². The fraction of sp³-hybridized carbons (Fsp3) is 0.438. The van der Waals surface area contributed by atoms with E-state index in [1.807, 2.05) is 12.3 Å². The number of hydrogen-bond acceptors (Lipinski definition) is 2. The van der Waals surface area contributed by atoms with Gasteiger partial charge in [-0.1, -0.05) is 18.2 Å². The molecule has 0 amide bonds. The second kappa shape index (κ2) is 4.58. The third kappa shape index (κ3) is 2.13. The number of benzene rings is 1. The zero-order chi connectivity index (χ0) is 12.7. The molecule has 2 unspecified atom stereocenters. The normalized spacial score (nSPS) is 26.9. The summed E-state index contributed by atoms with van der Waals surface area (Å²) in [6.07, 6.45) is 2.03. The SMILES string of the molecule is c1ccc2ncc(CN3CC4C[N]CC4C3)cc2c1. The maximum Gasteiger partial charge on any atom is 0.0702 e. The van der Waals surface area contributed by atoms with Crippen LogP contribution in [-0.2, 0) is 6.54 Å². The van der Waals surface area contributed by atoms with Crippen LogP contribution in [0.5, 0.6) is 0 Å². The Labute approximate surface area is 113 Å². The molecule has 2 aliphatic heterocycles. The molecule has 2 atom stereocenters. The van der Waals surface area contributed by atoms with Gasteiger partial charge in [0.2, 0.25) is 0 Å². The quantitative estimate of drug-likeness (QED) is 0.817. The van der Waals surface area contributed by atoms with E-state index >= 15 is 0 Å². The average Bonchev–Trinajstić information content (AvgIpc) is 2.99. The van der Waals surface area contributed by atoms with E-state index in [0.29, 0.717) is 0 Å². The van der Waals surface area contributed by atoms with E-state index in [-0.39, 0.29) is 0 Å². The fourth-order valence-electron chi connectivity index (χ4n) is 3.45. The molecule has 1 radical (unpaired) electrons. The van der Waals surface area contributed by atoms with E-state index < -0.39 is 0 Å². The first-order chi connectivity index (χ1) is 9.38. The first-order valence-electron chi connectivity index (χ1n) is 7.08. The number of aromatic nitrogens is 1. The zero-order valence-corrected chi connectivity index (χ0v) is 11.0. The molecule has 2 aromatic rings. The van der Waals surface area contributed by atoms with Gasteiger partial charge in [-0.25, -0.2) is 5.32 Å². The maximum absolute atomic E-state index is 4.55. The smallest absolute Gasteiger partial charge is 0.0702 e. The van der Waals surface area contributed by atoms with Gasteiger partial charge in [0, 0.05) is 44.3 Å². The Morgan fingerprint density at radius 3 is 2.74 bits per heavy atom. The van der Waals surface area contributed by atoms with Crippen LogP contribution in [0.1, 0.15) is 5.56 Å². The van der Waals surface area contributed by atoms with Gasteiger partial charge >= 0.3 is 0 Å². The first kappa shape index (κ1) is 11.4. The van der Waals surface area contributed by atoms with Crippen LogP contribution in [0, 0.1) is 11.8 Å². The highest BCUT2D eigenvalue weighted by molar-refractivity contribution is 5.78. The Balaban J connectivity index is 1.52. The van der Waals surface area contributed by atoms with Crippen LogP contribution in [0.2, 0.25) is 0 Å². The van der Waals surface area contributed by atoms with Gasteiger partial charge < -0.3 is 0 Å². The summed E-state index contributed by atoms with van der Waals surface area (Å²) >= 11 is 0. The van der Waals surface area contributed by atoms with Gasteiger partial charge in [-0.2, -0.15) is 0 Å². The minimum atomic E-state index is 0.813. The second-order valence-electron chi connectivity index (χ2n) is 5.84. The summed E-state index contributed by atoms with van der Waals surface area (Å²) in [4.78, 5) is 7.12. The van der Waals surface area contributed by atoms with Gasteiger partial charge in [0.15, 0.2) is 0 Å². The van der Waals surface area contributed by atoms with Crippen molar-refractivity contribution in [2.75, 3.05) is 26.2 Å². The number of likely N-dealkylation sites (tertiary alicyclic amines) is 1. The predicted molar refractivity (Wildman–Crippen MR) is 75.9 cm³/mol. The molecule has 3 nitrogen and oxygen atoms in total. The molecule has 1 aromatic carbocycles. The van der Waals surface area contributed by atoms with Crippen molar-refractivity contribution in [1.82, 2.24) is 15.2 Å². The molecule has 2 saturated heterocycles. The van der Waals surface area contributed by atoms with Crippen LogP contribution in [-0.4, -0.2) is 36.1 Å². The number of pyridine rings is 1. The van der Waals surface area contributed by atoms with E-state index in [9.17, 15) is 0 Å². The summed E-state index contributed by atoms with van der Waals surface area (Å²) in [6.45, 7) is 5.61. The zero-order valence-electron chi connectivity index (χ0n) is 11.0. The van der Waals surface area contributed by atoms with Crippen LogP contribution in [0.25, 0.3) is 10.9 Å². The van der Waals surface area contributed by atoms with Crippen molar-refractivity contribution in [3.05, 3.63) is 42.1 Å². The molecule has 19 heavy (non-hydrogen) atoms. The molecule has 0 N–H and O–H groups in total. The molecule has 3 heterocycles. The highest BCUT2D eigenvalue weighted by Gasteiger charge is 2.36. The monoisotopic (exact) mass is 252 g/mol. The number of nitrogens with zero attached hydrogens (tertiary/aromatic N) is 3. The van der Waals surface area contributed by atoms with Gasteiger partial charge in [0.1, 0.15) is 0 Å². The van der Waals surface area contributed by atoms with Gasteiger partial charge in [-0.05, 0) is 29.5 Å². The molecule has 4 rings (SSSR count). The molecular formula is C16H18N3. The van der Waals surface area contributed by atoms with Crippen molar-refractivity contribution >= 4 is 10.9 Å². The first-order valence-corrected chi connectivity index (χ1v) is 7.08. The third-order valence-corrected chi connectivity index (χ3v) is 4.43. The lowest BCUT2D eigenvalue weighted by molar-refractivity contribution is 0.305. The summed E-state index contributed by atoms with van der Waals surface area (Å²) in [5.41, 5.74) is 2.42. The maximum atomic E-state index is 4.55. The number of para-hydroxylation sites is 1. The molecule has 0 bridgehead atoms. The number of fused-ring (bicyclic) bond motifs is 2. The van der Waals surface area contributed by atoms with Crippen LogP contribution in [0.15, 0.2) is 36.5 Å². The Kier molecular flexibility index (Phi) is 2.75. The van der Waals surface area contributed by atoms with E-state index in [1.165, 1.54) is 24.0 Å². The minimum absolute atomic E-state index is 0.813. The minimum Gasteiger partial charge on any atom is -0.298 e. The molecule has 1 aromatic heterocycles. The third-order valence-electron chi connectivity index (χ3n) is 4.43. The van der Waals surface area contributed by atoms with Gasteiger partial charge in [0.05, 0.1) is 5.52 Å². The highest BCUT2D eigenvalue weighted by Crippen LogP contribution is 2.28. The summed E-state index contributed by atoms with van der Waals surface area (Å²) in [5, 5.41) is 5.76. The molecule has 2 fully saturated rings. The lowest BCUT2D eigenvalue weighted by atomic mass is 10.0. The van der Waals surface area contributed by atoms with E-state index in [1.54, 1.807) is 0 Å². The summed E-state index contributed by atoms with van der Waals surface area (Å²) in [5.74, 6) is 1.63. The summed E-state index contributed by atoms with van der Waals surface area (Å²) < 4.78 is 0. The largest absolute Gasteiger partial charge is 0.298 e. The van der Waals surface area contributed by atoms with Crippen molar-refractivity contribution in [3.8, 4) is 0 Å². The van der Waals surface area contributed by atoms with Gasteiger partial charge in [-0.15, -0.1) is 0 Å². The molecule has 3 heteroatoms. The molecule has 0 aliphatic carbocycles. The van der Waals surface area contributed by atoms with Crippen molar-refractivity contribution in [1.29, 1.82) is 0 Å². The molecule has 2 aliphatic rings. The molecule has 0 saturated carbocycles. The van der Waals surface area contributed by atoms with Gasteiger partial charge in [0.25, 0.3) is 0 Å². The van der Waals surface area contributed by atoms with Crippen molar-refractivity contribution in [2.24, 2.45) is 11.8 Å². The Morgan fingerprint density at radius 1 is 1.11 bits per heavy atom. The molecule has 97 valence electrons. The van der Waals surface area contributed by atoms with E-state index in [4.69, 9.17) is 0 Å². The van der Waals surface area contributed by atoms with Crippen LogP contribution in [0.3, 0.4) is 0 Å². The van der Waals surface area contributed by atoms with Crippen LogP contribution < -0.4 is 5.32 Å². The summed E-state index contributed by atoms with van der Waals surface area (Å²) in [6, 6.07) is 10.6. The van der Waals surface area contributed by atoms with E-state index in [2.05, 4.69) is 39.5 Å². The Bertz CT molecular complexity index is 583. The van der Waals surface area contributed by atoms with Crippen molar-refractivity contribution < 1.29 is 0 Å².